The molecule has 0 saturated heterocycles. The number of para-hydroxylation sites is 2. The maximum atomic E-state index is 13.3. The molecular weight excluding hydrogens is 515 g/mol. The Morgan fingerprint density at radius 1 is 0.829 bits per heavy atom. The molecule has 8 nitrogen and oxygen atoms in total. The van der Waals surface area contributed by atoms with Gasteiger partial charge in [-0.1, -0.05) is 71.2 Å². The number of carbonyl (C=O) groups is 2. The van der Waals surface area contributed by atoms with Crippen LogP contribution >= 0.6 is 34.8 Å². The van der Waals surface area contributed by atoms with Crippen molar-refractivity contribution in [2.75, 3.05) is 4.90 Å². The Morgan fingerprint density at radius 2 is 1.37 bits per heavy atom. The molecule has 0 aliphatic rings. The highest BCUT2D eigenvalue weighted by molar-refractivity contribution is 6.48. The minimum Gasteiger partial charge on any atom is -0.410 e. The predicted molar refractivity (Wildman–Crippen MR) is 131 cm³/mol. The molecule has 0 aliphatic carbocycles. The number of nitrogens with zero attached hydrogens (tertiary/aromatic N) is 4. The molecule has 0 bridgehead atoms. The highest BCUT2D eigenvalue weighted by Gasteiger charge is 2.34. The third-order valence-corrected chi connectivity index (χ3v) is 5.86. The normalized spacial score (nSPS) is 10.3. The third-order valence-electron chi connectivity index (χ3n) is 4.58. The number of aromatic nitrogens is 2. The number of hydrogen-bond acceptors (Lipinski definition) is 6. The number of benzene rings is 3. The first-order chi connectivity index (χ1) is 16.9. The maximum Gasteiger partial charge on any atom is 0.430 e. The lowest BCUT2D eigenvalue weighted by molar-refractivity contribution is 0.190. The number of ether oxygens (including phenoxy) is 2. The summed E-state index contributed by atoms with van der Waals surface area (Å²) in [4.78, 5) is 27.1. The van der Waals surface area contributed by atoms with E-state index < -0.39 is 12.2 Å². The summed E-state index contributed by atoms with van der Waals surface area (Å²) in [6.45, 7) is 0. The summed E-state index contributed by atoms with van der Waals surface area (Å²) < 4.78 is 11.9. The van der Waals surface area contributed by atoms with Crippen LogP contribution in [0.5, 0.6) is 11.5 Å². The van der Waals surface area contributed by atoms with Gasteiger partial charge in [-0.2, -0.15) is 15.3 Å². The van der Waals surface area contributed by atoms with Crippen LogP contribution in [0.2, 0.25) is 15.1 Å². The molecule has 0 saturated carbocycles. The molecule has 4 aromatic rings. The number of anilines is 1. The number of hydrogen-bond donors (Lipinski definition) is 0. The van der Waals surface area contributed by atoms with Crippen molar-refractivity contribution < 1.29 is 19.1 Å². The molecule has 11 heteroatoms. The minimum atomic E-state index is -1.15. The lowest BCUT2D eigenvalue weighted by Gasteiger charge is -2.21. The van der Waals surface area contributed by atoms with E-state index in [0.29, 0.717) is 4.90 Å². The highest BCUT2D eigenvalue weighted by Crippen LogP contribution is 2.37. The zero-order valence-corrected chi connectivity index (χ0v) is 19.8. The van der Waals surface area contributed by atoms with Crippen LogP contribution in [0.1, 0.15) is 5.56 Å². The van der Waals surface area contributed by atoms with E-state index in [1.54, 1.807) is 36.4 Å². The first-order valence-electron chi connectivity index (χ1n) is 9.86. The van der Waals surface area contributed by atoms with Gasteiger partial charge in [0.25, 0.3) is 0 Å². The number of rotatable bonds is 4. The molecule has 1 heterocycles. The van der Waals surface area contributed by atoms with Crippen molar-refractivity contribution in [3.8, 4) is 23.3 Å². The van der Waals surface area contributed by atoms with E-state index in [1.807, 2.05) is 6.07 Å². The molecule has 35 heavy (non-hydrogen) atoms. The quantitative estimate of drug-likeness (QED) is 0.268. The molecule has 1 aromatic heterocycles. The number of imide groups is 1. The molecular formula is C24H13Cl3N4O4. The van der Waals surface area contributed by atoms with E-state index in [4.69, 9.17) is 44.3 Å². The molecule has 174 valence electrons. The summed E-state index contributed by atoms with van der Waals surface area (Å²) in [5.41, 5.74) is 0.0183. The van der Waals surface area contributed by atoms with Crippen molar-refractivity contribution in [2.24, 2.45) is 0 Å². The standard InChI is InChI=1S/C24H13Cl3N4O4/c25-18-11-12-19(21(27)20(18)26)31-22(15(13-28)14-29-31)30(23(32)34-16-7-3-1-4-8-16)24(33)35-17-9-5-2-6-10-17/h1-12,14H. The van der Waals surface area contributed by atoms with Crippen LogP contribution < -0.4 is 14.4 Å². The lowest BCUT2D eigenvalue weighted by Crippen LogP contribution is -2.42. The fraction of sp³-hybridized carbons (Fsp3) is 0. The van der Waals surface area contributed by atoms with Gasteiger partial charge in [-0.15, -0.1) is 0 Å². The van der Waals surface area contributed by atoms with E-state index in [1.165, 1.54) is 36.4 Å². The van der Waals surface area contributed by atoms with Gasteiger partial charge in [0.15, 0.2) is 5.82 Å². The minimum absolute atomic E-state index is 0.0131. The van der Waals surface area contributed by atoms with Gasteiger partial charge in [-0.05, 0) is 36.4 Å². The molecule has 0 unspecified atom stereocenters. The van der Waals surface area contributed by atoms with Gasteiger partial charge in [0.05, 0.1) is 27.0 Å². The van der Waals surface area contributed by atoms with Crippen LogP contribution in [0.3, 0.4) is 0 Å². The molecule has 4 rings (SSSR count). The lowest BCUT2D eigenvalue weighted by atomic mass is 10.3. The highest BCUT2D eigenvalue weighted by atomic mass is 35.5. The largest absolute Gasteiger partial charge is 0.430 e. The fourth-order valence-corrected chi connectivity index (χ4v) is 3.62. The maximum absolute atomic E-state index is 13.3. The van der Waals surface area contributed by atoms with Gasteiger partial charge in [0.1, 0.15) is 23.1 Å². The number of carbonyl (C=O) groups excluding carboxylic acids is 2. The number of halogens is 3. The summed E-state index contributed by atoms with van der Waals surface area (Å²) >= 11 is 18.6. The Kier molecular flexibility index (Phi) is 7.22. The third kappa shape index (κ3) is 5.08. The monoisotopic (exact) mass is 526 g/mol. The average Bonchev–Trinajstić information content (AvgIpc) is 3.27. The van der Waals surface area contributed by atoms with Crippen molar-refractivity contribution >= 4 is 52.8 Å². The summed E-state index contributed by atoms with van der Waals surface area (Å²) in [6.07, 6.45) is -1.13. The van der Waals surface area contributed by atoms with Crippen molar-refractivity contribution in [1.29, 1.82) is 5.26 Å². The number of amides is 2. The zero-order chi connectivity index (χ0) is 24.9. The van der Waals surface area contributed by atoms with Crippen LogP contribution in [0.25, 0.3) is 5.69 Å². The summed E-state index contributed by atoms with van der Waals surface area (Å²) in [5.74, 6) is 0.0500. The van der Waals surface area contributed by atoms with Crippen LogP contribution in [0.15, 0.2) is 79.0 Å². The molecule has 0 radical (unpaired) electrons. The zero-order valence-electron chi connectivity index (χ0n) is 17.6. The van der Waals surface area contributed by atoms with E-state index >= 15 is 0 Å². The molecule has 3 aromatic carbocycles. The average molecular weight is 528 g/mol. The van der Waals surface area contributed by atoms with E-state index in [2.05, 4.69) is 5.10 Å². The van der Waals surface area contributed by atoms with Crippen molar-refractivity contribution in [2.45, 2.75) is 0 Å². The van der Waals surface area contributed by atoms with Crippen LogP contribution in [-0.2, 0) is 0 Å². The van der Waals surface area contributed by atoms with Gasteiger partial charge in [0, 0.05) is 0 Å². The smallest absolute Gasteiger partial charge is 0.410 e. The van der Waals surface area contributed by atoms with Crippen molar-refractivity contribution in [3.63, 3.8) is 0 Å². The fourth-order valence-electron chi connectivity index (χ4n) is 3.01. The van der Waals surface area contributed by atoms with E-state index in [9.17, 15) is 14.9 Å². The number of nitriles is 1. The van der Waals surface area contributed by atoms with Crippen molar-refractivity contribution in [1.82, 2.24) is 9.78 Å². The first kappa shape index (κ1) is 24.1. The van der Waals surface area contributed by atoms with Crippen molar-refractivity contribution in [3.05, 3.63) is 99.6 Å². The Labute approximate surface area is 214 Å². The Balaban J connectivity index is 1.85. The second-order valence-electron chi connectivity index (χ2n) is 6.80. The Morgan fingerprint density at radius 3 is 1.89 bits per heavy atom. The van der Waals surface area contributed by atoms with Gasteiger partial charge >= 0.3 is 12.2 Å². The molecule has 0 fully saturated rings. The predicted octanol–water partition coefficient (Wildman–Crippen LogP) is 6.91. The Hall–Kier alpha value is -4.03. The van der Waals surface area contributed by atoms with Gasteiger partial charge in [-0.25, -0.2) is 14.3 Å². The summed E-state index contributed by atoms with van der Waals surface area (Å²) in [7, 11) is 0. The van der Waals surface area contributed by atoms with Crippen LogP contribution in [-0.4, -0.2) is 22.0 Å². The second kappa shape index (κ2) is 10.5. The summed E-state index contributed by atoms with van der Waals surface area (Å²) in [5, 5.41) is 14.1. The Bertz CT molecular complexity index is 1380. The van der Waals surface area contributed by atoms with Gasteiger partial charge in [-0.3, -0.25) is 0 Å². The van der Waals surface area contributed by atoms with E-state index in [0.717, 1.165) is 10.9 Å². The molecule has 0 atom stereocenters. The first-order valence-corrected chi connectivity index (χ1v) is 11.0. The molecule has 0 N–H and O–H groups in total. The van der Waals surface area contributed by atoms with Crippen LogP contribution in [0.4, 0.5) is 15.4 Å². The second-order valence-corrected chi connectivity index (χ2v) is 7.96. The van der Waals surface area contributed by atoms with Crippen LogP contribution in [0, 0.1) is 11.3 Å². The van der Waals surface area contributed by atoms with E-state index in [-0.39, 0.29) is 43.6 Å². The molecule has 0 aliphatic heterocycles. The molecule has 0 spiro atoms. The molecule has 2 amide bonds. The van der Waals surface area contributed by atoms with Gasteiger partial charge in [0.2, 0.25) is 0 Å². The topological polar surface area (TPSA) is 97.5 Å². The van der Waals surface area contributed by atoms with Gasteiger partial charge < -0.3 is 9.47 Å². The SMILES string of the molecule is N#Cc1cnn(-c2ccc(Cl)c(Cl)c2Cl)c1N(C(=O)Oc1ccccc1)C(=O)Oc1ccccc1. The summed E-state index contributed by atoms with van der Waals surface area (Å²) in [6, 6.07) is 21.0.